The molecule has 0 aromatic heterocycles. The molecule has 5 heteroatoms. The lowest BCUT2D eigenvalue weighted by Gasteiger charge is -2.22. The van der Waals surface area contributed by atoms with Crippen molar-refractivity contribution < 1.29 is 13.2 Å². The van der Waals surface area contributed by atoms with Crippen LogP contribution in [0.3, 0.4) is 0 Å². The van der Waals surface area contributed by atoms with Gasteiger partial charge in [0, 0.05) is 6.04 Å². The highest BCUT2D eigenvalue weighted by molar-refractivity contribution is 4.80. The van der Waals surface area contributed by atoms with E-state index in [0.717, 1.165) is 19.4 Å². The lowest BCUT2D eigenvalue weighted by atomic mass is 10.3. The second kappa shape index (κ2) is 6.45. The summed E-state index contributed by atoms with van der Waals surface area (Å²) >= 11 is 0. The van der Waals surface area contributed by atoms with Gasteiger partial charge in [0.15, 0.2) is 0 Å². The average Bonchev–Trinajstić information content (AvgIpc) is 2.93. The Balaban J connectivity index is 2.10. The van der Waals surface area contributed by atoms with Crippen molar-refractivity contribution in [2.24, 2.45) is 0 Å². The third-order valence-electron chi connectivity index (χ3n) is 2.60. The van der Waals surface area contributed by atoms with E-state index in [1.54, 1.807) is 0 Å². The van der Waals surface area contributed by atoms with Crippen molar-refractivity contribution >= 4 is 0 Å². The van der Waals surface area contributed by atoms with E-state index in [4.69, 9.17) is 0 Å². The minimum atomic E-state index is -4.07. The summed E-state index contributed by atoms with van der Waals surface area (Å²) in [7, 11) is 0. The van der Waals surface area contributed by atoms with Gasteiger partial charge in [0.1, 0.15) is 0 Å². The first-order chi connectivity index (χ1) is 7.51. The van der Waals surface area contributed by atoms with E-state index in [-0.39, 0.29) is 0 Å². The Kier molecular flexibility index (Phi) is 5.55. The first kappa shape index (κ1) is 13.8. The van der Waals surface area contributed by atoms with Gasteiger partial charge < -0.3 is 5.32 Å². The van der Waals surface area contributed by atoms with Crippen LogP contribution in [0.15, 0.2) is 0 Å². The Morgan fingerprint density at radius 1 is 1.25 bits per heavy atom. The Labute approximate surface area is 95.2 Å². The lowest BCUT2D eigenvalue weighted by Crippen LogP contribution is -2.36. The smallest absolute Gasteiger partial charge is 0.314 e. The van der Waals surface area contributed by atoms with Gasteiger partial charge in [-0.3, -0.25) is 4.90 Å². The molecule has 0 saturated heterocycles. The van der Waals surface area contributed by atoms with Crippen LogP contribution in [0, 0.1) is 0 Å². The fourth-order valence-corrected chi connectivity index (χ4v) is 1.74. The number of hydrogen-bond donors (Lipinski definition) is 1. The standard InChI is InChI=1S/C11H21F3N2/c1-2-7-16(9-11(12,13)14)8-3-6-15-10-4-5-10/h10,15H,2-9H2,1H3. The Bertz CT molecular complexity index is 190. The summed E-state index contributed by atoms with van der Waals surface area (Å²) in [5, 5.41) is 3.31. The maximum atomic E-state index is 12.2. The molecule has 0 amide bonds. The zero-order valence-electron chi connectivity index (χ0n) is 9.82. The predicted molar refractivity (Wildman–Crippen MR) is 58.4 cm³/mol. The van der Waals surface area contributed by atoms with Gasteiger partial charge in [-0.2, -0.15) is 13.2 Å². The van der Waals surface area contributed by atoms with Gasteiger partial charge in [0.25, 0.3) is 0 Å². The van der Waals surface area contributed by atoms with Crippen LogP contribution >= 0.6 is 0 Å². The van der Waals surface area contributed by atoms with Crippen LogP contribution in [0.25, 0.3) is 0 Å². The maximum Gasteiger partial charge on any atom is 0.401 e. The van der Waals surface area contributed by atoms with Crippen LogP contribution in [0.5, 0.6) is 0 Å². The molecule has 2 nitrogen and oxygen atoms in total. The minimum Gasteiger partial charge on any atom is -0.314 e. The van der Waals surface area contributed by atoms with Crippen molar-refractivity contribution in [1.82, 2.24) is 10.2 Å². The van der Waals surface area contributed by atoms with E-state index < -0.39 is 12.7 Å². The molecule has 0 atom stereocenters. The molecule has 1 aliphatic carbocycles. The monoisotopic (exact) mass is 238 g/mol. The molecule has 0 unspecified atom stereocenters. The third kappa shape index (κ3) is 7.06. The van der Waals surface area contributed by atoms with Crippen molar-refractivity contribution in [2.45, 2.75) is 44.8 Å². The van der Waals surface area contributed by atoms with E-state index >= 15 is 0 Å². The number of rotatable bonds is 8. The van der Waals surface area contributed by atoms with E-state index in [2.05, 4.69) is 5.32 Å². The molecule has 1 fully saturated rings. The van der Waals surface area contributed by atoms with Gasteiger partial charge in [-0.25, -0.2) is 0 Å². The quantitative estimate of drug-likeness (QED) is 0.653. The highest BCUT2D eigenvalue weighted by atomic mass is 19.4. The van der Waals surface area contributed by atoms with Crippen molar-refractivity contribution in [1.29, 1.82) is 0 Å². The van der Waals surface area contributed by atoms with Crippen molar-refractivity contribution in [3.8, 4) is 0 Å². The molecule has 1 N–H and O–H groups in total. The van der Waals surface area contributed by atoms with Crippen LogP contribution in [0.2, 0.25) is 0 Å². The van der Waals surface area contributed by atoms with Crippen molar-refractivity contribution in [2.75, 3.05) is 26.2 Å². The molecule has 0 aromatic rings. The van der Waals surface area contributed by atoms with Crippen LogP contribution in [-0.2, 0) is 0 Å². The summed E-state index contributed by atoms with van der Waals surface area (Å²) in [4.78, 5) is 1.49. The molecule has 0 radical (unpaired) electrons. The summed E-state index contributed by atoms with van der Waals surface area (Å²) in [5.74, 6) is 0. The minimum absolute atomic E-state index is 0.531. The lowest BCUT2D eigenvalue weighted by molar-refractivity contribution is -0.146. The fourth-order valence-electron chi connectivity index (χ4n) is 1.74. The number of hydrogen-bond acceptors (Lipinski definition) is 2. The van der Waals surface area contributed by atoms with Crippen LogP contribution in [0.1, 0.15) is 32.6 Å². The van der Waals surface area contributed by atoms with Gasteiger partial charge in [-0.05, 0) is 45.3 Å². The number of halogens is 3. The van der Waals surface area contributed by atoms with Gasteiger partial charge in [0.05, 0.1) is 6.54 Å². The Morgan fingerprint density at radius 3 is 2.44 bits per heavy atom. The molecule has 1 saturated carbocycles. The summed E-state index contributed by atoms with van der Waals surface area (Å²) in [5.41, 5.74) is 0. The van der Waals surface area contributed by atoms with Gasteiger partial charge in [-0.1, -0.05) is 6.92 Å². The highest BCUT2D eigenvalue weighted by Gasteiger charge is 2.30. The van der Waals surface area contributed by atoms with Gasteiger partial charge in [0.2, 0.25) is 0 Å². The average molecular weight is 238 g/mol. The molecular weight excluding hydrogens is 217 g/mol. The molecule has 0 aliphatic heterocycles. The zero-order valence-corrected chi connectivity index (χ0v) is 9.82. The Hall–Kier alpha value is -0.290. The predicted octanol–water partition coefficient (Wildman–Crippen LogP) is 2.40. The summed E-state index contributed by atoms with van der Waals surface area (Å²) in [6.07, 6.45) is -0.0553. The van der Waals surface area contributed by atoms with Gasteiger partial charge >= 0.3 is 6.18 Å². The fraction of sp³-hybridized carbons (Fsp3) is 1.00. The SMILES string of the molecule is CCCN(CCCNC1CC1)CC(F)(F)F. The van der Waals surface area contributed by atoms with Crippen LogP contribution in [-0.4, -0.2) is 43.3 Å². The summed E-state index contributed by atoms with van der Waals surface area (Å²) < 4.78 is 36.7. The first-order valence-electron chi connectivity index (χ1n) is 6.04. The zero-order chi connectivity index (χ0) is 12.0. The second-order valence-electron chi connectivity index (χ2n) is 4.47. The van der Waals surface area contributed by atoms with E-state index in [1.807, 2.05) is 6.92 Å². The topological polar surface area (TPSA) is 15.3 Å². The summed E-state index contributed by atoms with van der Waals surface area (Å²) in [6, 6.07) is 0.641. The molecule has 0 heterocycles. The number of nitrogens with one attached hydrogen (secondary N) is 1. The molecule has 96 valence electrons. The molecule has 0 spiro atoms. The second-order valence-corrected chi connectivity index (χ2v) is 4.47. The molecule has 1 aliphatic rings. The highest BCUT2D eigenvalue weighted by Crippen LogP contribution is 2.19. The van der Waals surface area contributed by atoms with E-state index in [9.17, 15) is 13.2 Å². The van der Waals surface area contributed by atoms with E-state index in [0.29, 0.717) is 19.1 Å². The number of nitrogens with zero attached hydrogens (tertiary/aromatic N) is 1. The third-order valence-corrected chi connectivity index (χ3v) is 2.60. The van der Waals surface area contributed by atoms with Gasteiger partial charge in [-0.15, -0.1) is 0 Å². The summed E-state index contributed by atoms with van der Waals surface area (Å²) in [6.45, 7) is 3.04. The molecule has 0 bridgehead atoms. The first-order valence-corrected chi connectivity index (χ1v) is 6.04. The normalized spacial score (nSPS) is 17.1. The largest absolute Gasteiger partial charge is 0.401 e. The van der Waals surface area contributed by atoms with Crippen LogP contribution in [0.4, 0.5) is 13.2 Å². The van der Waals surface area contributed by atoms with Crippen molar-refractivity contribution in [3.05, 3.63) is 0 Å². The maximum absolute atomic E-state index is 12.2. The van der Waals surface area contributed by atoms with E-state index in [1.165, 1.54) is 17.7 Å². The van der Waals surface area contributed by atoms with Crippen molar-refractivity contribution in [3.63, 3.8) is 0 Å². The van der Waals surface area contributed by atoms with Crippen LogP contribution < -0.4 is 5.32 Å². The molecule has 16 heavy (non-hydrogen) atoms. The molecule has 0 aromatic carbocycles. The molecular formula is C11H21F3N2. The molecule has 1 rings (SSSR count). The number of alkyl halides is 3. The Morgan fingerprint density at radius 2 is 1.94 bits per heavy atom.